The lowest BCUT2D eigenvalue weighted by Gasteiger charge is -2.55. The highest BCUT2D eigenvalue weighted by atomic mass is 16.2. The van der Waals surface area contributed by atoms with Crippen LogP contribution in [-0.2, 0) is 11.2 Å². The molecule has 0 saturated heterocycles. The lowest BCUT2D eigenvalue weighted by atomic mass is 9.49. The molecule has 0 aliphatic heterocycles. The molecule has 4 bridgehead atoms. The summed E-state index contributed by atoms with van der Waals surface area (Å²) in [6.07, 6.45) is 10.2. The predicted molar refractivity (Wildman–Crippen MR) is 77.2 cm³/mol. The van der Waals surface area contributed by atoms with Gasteiger partial charge in [-0.25, -0.2) is 0 Å². The van der Waals surface area contributed by atoms with Gasteiger partial charge in [0.05, 0.1) is 11.6 Å². The molecule has 0 spiro atoms. The fourth-order valence-electron chi connectivity index (χ4n) is 5.32. The van der Waals surface area contributed by atoms with E-state index in [2.05, 4.69) is 22.4 Å². The zero-order valence-corrected chi connectivity index (χ0v) is 12.1. The van der Waals surface area contributed by atoms with Crippen LogP contribution in [0.15, 0.2) is 6.20 Å². The maximum atomic E-state index is 12.9. The summed E-state index contributed by atoms with van der Waals surface area (Å²) >= 11 is 0. The molecule has 0 radical (unpaired) electrons. The van der Waals surface area contributed by atoms with Gasteiger partial charge in [-0.1, -0.05) is 6.92 Å². The van der Waals surface area contributed by atoms with E-state index >= 15 is 0 Å². The largest absolute Gasteiger partial charge is 0.310 e. The number of amides is 1. The van der Waals surface area contributed by atoms with E-state index in [1.807, 2.05) is 6.20 Å². The molecule has 4 saturated carbocycles. The molecular weight excluding hydrogens is 250 g/mol. The topological polar surface area (TPSA) is 57.8 Å². The summed E-state index contributed by atoms with van der Waals surface area (Å²) in [6.45, 7) is 2.09. The number of aryl methyl sites for hydroxylation is 1. The van der Waals surface area contributed by atoms with E-state index in [1.165, 1.54) is 19.3 Å². The van der Waals surface area contributed by atoms with Crippen LogP contribution in [-0.4, -0.2) is 16.1 Å². The first-order valence-electron chi connectivity index (χ1n) is 8.02. The number of anilines is 1. The molecule has 4 aliphatic carbocycles. The van der Waals surface area contributed by atoms with Crippen molar-refractivity contribution < 1.29 is 4.79 Å². The number of carbonyl (C=O) groups is 1. The smallest absolute Gasteiger partial charge is 0.231 e. The Kier molecular flexibility index (Phi) is 2.69. The second-order valence-corrected chi connectivity index (χ2v) is 7.28. The maximum absolute atomic E-state index is 12.9. The van der Waals surface area contributed by atoms with Crippen LogP contribution in [0.3, 0.4) is 0 Å². The molecular formula is C16H23N3O. The molecule has 1 heterocycles. The Hall–Kier alpha value is -1.32. The molecule has 1 aromatic rings. The number of H-pyrrole nitrogens is 1. The van der Waals surface area contributed by atoms with Crippen molar-refractivity contribution >= 4 is 11.7 Å². The number of rotatable bonds is 3. The molecule has 4 aliphatic rings. The Bertz CT molecular complexity index is 498. The van der Waals surface area contributed by atoms with Crippen LogP contribution < -0.4 is 5.32 Å². The van der Waals surface area contributed by atoms with E-state index in [9.17, 15) is 4.79 Å². The van der Waals surface area contributed by atoms with E-state index < -0.39 is 0 Å². The van der Waals surface area contributed by atoms with Crippen LogP contribution in [0.2, 0.25) is 0 Å². The summed E-state index contributed by atoms with van der Waals surface area (Å²) in [5, 5.41) is 10.1. The normalized spacial score (nSPS) is 38.1. The second-order valence-electron chi connectivity index (χ2n) is 7.28. The van der Waals surface area contributed by atoms with Crippen molar-refractivity contribution in [2.45, 2.75) is 51.9 Å². The van der Waals surface area contributed by atoms with Gasteiger partial charge in [-0.15, -0.1) is 0 Å². The molecule has 1 aromatic heterocycles. The molecule has 4 nitrogen and oxygen atoms in total. The Morgan fingerprint density at radius 3 is 2.45 bits per heavy atom. The van der Waals surface area contributed by atoms with Crippen LogP contribution in [0.25, 0.3) is 0 Å². The first kappa shape index (κ1) is 12.4. The Balaban J connectivity index is 1.56. The van der Waals surface area contributed by atoms with Gasteiger partial charge in [0.25, 0.3) is 0 Å². The Morgan fingerprint density at radius 1 is 1.30 bits per heavy atom. The van der Waals surface area contributed by atoms with Crippen molar-refractivity contribution in [3.63, 3.8) is 0 Å². The fourth-order valence-corrected chi connectivity index (χ4v) is 5.32. The summed E-state index contributed by atoms with van der Waals surface area (Å²) in [5.74, 6) is 3.47. The number of nitrogens with zero attached hydrogens (tertiary/aromatic N) is 1. The van der Waals surface area contributed by atoms with E-state index in [0.29, 0.717) is 0 Å². The van der Waals surface area contributed by atoms with Crippen molar-refractivity contribution in [2.24, 2.45) is 23.2 Å². The summed E-state index contributed by atoms with van der Waals surface area (Å²) in [5.41, 5.74) is 1.02. The van der Waals surface area contributed by atoms with Gasteiger partial charge in [0, 0.05) is 5.56 Å². The number of nitrogens with one attached hydrogen (secondary N) is 2. The van der Waals surface area contributed by atoms with Crippen molar-refractivity contribution in [3.8, 4) is 0 Å². The molecule has 0 atom stereocenters. The minimum absolute atomic E-state index is 0.0785. The number of aromatic amines is 1. The van der Waals surface area contributed by atoms with Gasteiger partial charge >= 0.3 is 0 Å². The minimum Gasteiger partial charge on any atom is -0.310 e. The summed E-state index contributed by atoms with van der Waals surface area (Å²) in [4.78, 5) is 12.9. The van der Waals surface area contributed by atoms with E-state index in [0.717, 1.165) is 54.8 Å². The highest BCUT2D eigenvalue weighted by molar-refractivity contribution is 5.95. The standard InChI is InChI=1S/C16H23N3O/c1-2-13-9-17-19-14(13)18-15(20)16-6-10-3-11(7-16)5-12(4-10)8-16/h9-12H,2-8H2,1H3,(H2,17,18,19,20). The van der Waals surface area contributed by atoms with Crippen molar-refractivity contribution in [2.75, 3.05) is 5.32 Å². The molecule has 4 heteroatoms. The average molecular weight is 273 g/mol. The summed E-state index contributed by atoms with van der Waals surface area (Å²) < 4.78 is 0. The summed E-state index contributed by atoms with van der Waals surface area (Å²) in [6, 6.07) is 0. The molecule has 0 unspecified atom stereocenters. The third-order valence-electron chi connectivity index (χ3n) is 5.86. The molecule has 108 valence electrons. The van der Waals surface area contributed by atoms with Gasteiger partial charge in [-0.3, -0.25) is 9.89 Å². The quantitative estimate of drug-likeness (QED) is 0.889. The highest BCUT2D eigenvalue weighted by Gasteiger charge is 2.54. The van der Waals surface area contributed by atoms with Crippen LogP contribution >= 0.6 is 0 Å². The van der Waals surface area contributed by atoms with Crippen LogP contribution in [0.1, 0.15) is 51.0 Å². The third kappa shape index (κ3) is 1.80. The van der Waals surface area contributed by atoms with E-state index in [1.54, 1.807) is 0 Å². The third-order valence-corrected chi connectivity index (χ3v) is 5.86. The van der Waals surface area contributed by atoms with Gasteiger partial charge < -0.3 is 5.32 Å². The van der Waals surface area contributed by atoms with Gasteiger partial charge in [-0.2, -0.15) is 5.10 Å². The first-order valence-corrected chi connectivity index (χ1v) is 8.02. The van der Waals surface area contributed by atoms with Crippen molar-refractivity contribution in [1.29, 1.82) is 0 Å². The lowest BCUT2D eigenvalue weighted by Crippen LogP contribution is -2.51. The maximum Gasteiger partial charge on any atom is 0.231 e. The summed E-state index contributed by atoms with van der Waals surface area (Å²) in [7, 11) is 0. The molecule has 4 fully saturated rings. The molecule has 5 rings (SSSR count). The minimum atomic E-state index is -0.0785. The molecule has 0 aromatic carbocycles. The zero-order chi connectivity index (χ0) is 13.7. The number of hydrogen-bond acceptors (Lipinski definition) is 2. The Morgan fingerprint density at radius 2 is 1.90 bits per heavy atom. The van der Waals surface area contributed by atoms with Gasteiger partial charge in [0.2, 0.25) is 5.91 Å². The molecule has 1 amide bonds. The van der Waals surface area contributed by atoms with Crippen molar-refractivity contribution in [3.05, 3.63) is 11.8 Å². The SMILES string of the molecule is CCc1cn[nH]c1NC(=O)C12CC3CC(CC(C3)C1)C2. The lowest BCUT2D eigenvalue weighted by molar-refractivity contribution is -0.140. The second kappa shape index (κ2) is 4.34. The van der Waals surface area contributed by atoms with E-state index in [-0.39, 0.29) is 11.3 Å². The van der Waals surface area contributed by atoms with Crippen LogP contribution in [0.5, 0.6) is 0 Å². The van der Waals surface area contributed by atoms with Crippen molar-refractivity contribution in [1.82, 2.24) is 10.2 Å². The molecule has 2 N–H and O–H groups in total. The highest BCUT2D eigenvalue weighted by Crippen LogP contribution is 2.60. The first-order chi connectivity index (χ1) is 9.68. The zero-order valence-electron chi connectivity index (χ0n) is 12.1. The molecule has 20 heavy (non-hydrogen) atoms. The number of aromatic nitrogens is 2. The predicted octanol–water partition coefficient (Wildman–Crippen LogP) is 3.13. The average Bonchev–Trinajstić information content (AvgIpc) is 2.84. The van der Waals surface area contributed by atoms with Crippen LogP contribution in [0, 0.1) is 23.2 Å². The number of carbonyl (C=O) groups excluding carboxylic acids is 1. The van der Waals surface area contributed by atoms with Gasteiger partial charge in [0.1, 0.15) is 5.82 Å². The Labute approximate surface area is 119 Å². The van der Waals surface area contributed by atoms with Crippen LogP contribution in [0.4, 0.5) is 5.82 Å². The van der Waals surface area contributed by atoms with Gasteiger partial charge in [-0.05, 0) is 62.7 Å². The van der Waals surface area contributed by atoms with E-state index in [4.69, 9.17) is 0 Å². The number of hydrogen-bond donors (Lipinski definition) is 2. The van der Waals surface area contributed by atoms with Gasteiger partial charge in [0.15, 0.2) is 0 Å². The monoisotopic (exact) mass is 273 g/mol. The fraction of sp³-hybridized carbons (Fsp3) is 0.750.